The van der Waals surface area contributed by atoms with Gasteiger partial charge in [0.25, 0.3) is 0 Å². The van der Waals surface area contributed by atoms with Gasteiger partial charge in [-0.2, -0.15) is 0 Å². The molecular formula is C17H24Cl2N2O. The average molecular weight is 343 g/mol. The van der Waals surface area contributed by atoms with E-state index >= 15 is 0 Å². The van der Waals surface area contributed by atoms with Gasteiger partial charge in [0.05, 0.1) is 10.0 Å². The summed E-state index contributed by atoms with van der Waals surface area (Å²) in [6, 6.07) is 5.77. The number of halogens is 2. The zero-order chi connectivity index (χ0) is 16.1. The first-order chi connectivity index (χ1) is 10.5. The van der Waals surface area contributed by atoms with Gasteiger partial charge in [0.2, 0.25) is 5.91 Å². The lowest BCUT2D eigenvalue weighted by molar-refractivity contribution is -0.137. The summed E-state index contributed by atoms with van der Waals surface area (Å²) in [5.74, 6) is 0.501. The Morgan fingerprint density at radius 3 is 2.27 bits per heavy atom. The zero-order valence-electron chi connectivity index (χ0n) is 13.3. The Morgan fingerprint density at radius 2 is 1.73 bits per heavy atom. The molecule has 5 heteroatoms. The minimum atomic E-state index is 0.182. The minimum absolute atomic E-state index is 0.182. The first-order valence-electron chi connectivity index (χ1n) is 8.00. The van der Waals surface area contributed by atoms with Crippen LogP contribution in [-0.2, 0) is 11.3 Å². The van der Waals surface area contributed by atoms with Crippen LogP contribution < -0.4 is 0 Å². The number of carbonyl (C=O) groups is 1. The fourth-order valence-electron chi connectivity index (χ4n) is 2.92. The maximum Gasteiger partial charge on any atom is 0.225 e. The van der Waals surface area contributed by atoms with Crippen LogP contribution >= 0.6 is 23.2 Å². The topological polar surface area (TPSA) is 23.6 Å². The second-order valence-corrected chi connectivity index (χ2v) is 6.68. The molecule has 1 amide bonds. The van der Waals surface area contributed by atoms with Gasteiger partial charge in [-0.15, -0.1) is 0 Å². The SMILES string of the molecule is CCC(CC)C(=O)N1CCN(Cc2ccc(Cl)c(Cl)c2)CC1. The van der Waals surface area contributed by atoms with Crippen LogP contribution in [0.5, 0.6) is 0 Å². The van der Waals surface area contributed by atoms with E-state index in [2.05, 4.69) is 18.7 Å². The summed E-state index contributed by atoms with van der Waals surface area (Å²) in [7, 11) is 0. The largest absolute Gasteiger partial charge is 0.340 e. The second-order valence-electron chi connectivity index (χ2n) is 5.86. The highest BCUT2D eigenvalue weighted by Crippen LogP contribution is 2.23. The van der Waals surface area contributed by atoms with Gasteiger partial charge in [-0.05, 0) is 30.5 Å². The van der Waals surface area contributed by atoms with Crippen LogP contribution in [-0.4, -0.2) is 41.9 Å². The van der Waals surface area contributed by atoms with Crippen molar-refractivity contribution in [1.82, 2.24) is 9.80 Å². The van der Waals surface area contributed by atoms with Crippen molar-refractivity contribution in [3.8, 4) is 0 Å². The second kappa shape index (κ2) is 8.19. The van der Waals surface area contributed by atoms with Gasteiger partial charge in [0, 0.05) is 38.6 Å². The molecule has 1 aromatic rings. The van der Waals surface area contributed by atoms with Crippen molar-refractivity contribution < 1.29 is 4.79 Å². The van der Waals surface area contributed by atoms with E-state index in [1.807, 2.05) is 23.1 Å². The highest BCUT2D eigenvalue weighted by atomic mass is 35.5. The van der Waals surface area contributed by atoms with E-state index < -0.39 is 0 Å². The van der Waals surface area contributed by atoms with Crippen LogP contribution in [0.3, 0.4) is 0 Å². The summed E-state index contributed by atoms with van der Waals surface area (Å²) in [6.45, 7) is 8.48. The standard InChI is InChI=1S/C17H24Cl2N2O/c1-3-14(4-2)17(22)21-9-7-20(8-10-21)12-13-5-6-15(18)16(19)11-13/h5-6,11,14H,3-4,7-10,12H2,1-2H3. The number of nitrogens with zero attached hydrogens (tertiary/aromatic N) is 2. The van der Waals surface area contributed by atoms with Crippen molar-refractivity contribution in [2.24, 2.45) is 5.92 Å². The maximum absolute atomic E-state index is 12.4. The number of hydrogen-bond donors (Lipinski definition) is 0. The van der Waals surface area contributed by atoms with Crippen LogP contribution in [0.15, 0.2) is 18.2 Å². The zero-order valence-corrected chi connectivity index (χ0v) is 14.8. The summed E-state index contributed by atoms with van der Waals surface area (Å²) in [5.41, 5.74) is 1.16. The molecule has 1 heterocycles. The van der Waals surface area contributed by atoms with Crippen molar-refractivity contribution in [2.75, 3.05) is 26.2 Å². The van der Waals surface area contributed by atoms with Crippen molar-refractivity contribution in [3.05, 3.63) is 33.8 Å². The predicted octanol–water partition coefficient (Wildman–Crippen LogP) is 4.07. The lowest BCUT2D eigenvalue weighted by atomic mass is 10.0. The third kappa shape index (κ3) is 4.37. The number of carbonyl (C=O) groups excluding carboxylic acids is 1. The lowest BCUT2D eigenvalue weighted by Gasteiger charge is -2.36. The predicted molar refractivity (Wildman–Crippen MR) is 92.4 cm³/mol. The molecule has 1 saturated heterocycles. The summed E-state index contributed by atoms with van der Waals surface area (Å²) >= 11 is 12.0. The van der Waals surface area contributed by atoms with Crippen LogP contribution in [0, 0.1) is 5.92 Å². The van der Waals surface area contributed by atoms with Crippen LogP contribution in [0.1, 0.15) is 32.3 Å². The maximum atomic E-state index is 12.4. The molecule has 22 heavy (non-hydrogen) atoms. The summed E-state index contributed by atoms with van der Waals surface area (Å²) in [6.07, 6.45) is 1.86. The molecule has 0 bridgehead atoms. The minimum Gasteiger partial charge on any atom is -0.340 e. The molecule has 1 aromatic carbocycles. The quantitative estimate of drug-likeness (QED) is 0.804. The lowest BCUT2D eigenvalue weighted by Crippen LogP contribution is -2.49. The van der Waals surface area contributed by atoms with Crippen molar-refractivity contribution in [3.63, 3.8) is 0 Å². The number of amides is 1. The van der Waals surface area contributed by atoms with Crippen LogP contribution in [0.25, 0.3) is 0 Å². The highest BCUT2D eigenvalue weighted by molar-refractivity contribution is 6.42. The van der Waals surface area contributed by atoms with Gasteiger partial charge in [-0.25, -0.2) is 0 Å². The molecule has 0 spiro atoms. The van der Waals surface area contributed by atoms with Gasteiger partial charge in [0.1, 0.15) is 0 Å². The van der Waals surface area contributed by atoms with Crippen molar-refractivity contribution in [1.29, 1.82) is 0 Å². The Labute approximate surface area is 143 Å². The molecule has 1 aliphatic rings. The van der Waals surface area contributed by atoms with E-state index in [-0.39, 0.29) is 5.92 Å². The van der Waals surface area contributed by atoms with E-state index in [0.717, 1.165) is 51.1 Å². The molecule has 122 valence electrons. The average Bonchev–Trinajstić information content (AvgIpc) is 2.53. The Hall–Kier alpha value is -0.770. The third-order valence-corrected chi connectivity index (χ3v) is 5.15. The fourth-order valence-corrected chi connectivity index (χ4v) is 3.24. The van der Waals surface area contributed by atoms with Crippen molar-refractivity contribution in [2.45, 2.75) is 33.2 Å². The Morgan fingerprint density at radius 1 is 1.09 bits per heavy atom. The van der Waals surface area contributed by atoms with E-state index in [1.165, 1.54) is 0 Å². The summed E-state index contributed by atoms with van der Waals surface area (Å²) < 4.78 is 0. The molecule has 2 rings (SSSR count). The van der Waals surface area contributed by atoms with E-state index in [4.69, 9.17) is 23.2 Å². The first kappa shape index (κ1) is 17.6. The van der Waals surface area contributed by atoms with E-state index in [1.54, 1.807) is 0 Å². The molecule has 0 atom stereocenters. The van der Waals surface area contributed by atoms with Gasteiger partial charge < -0.3 is 4.90 Å². The van der Waals surface area contributed by atoms with Gasteiger partial charge >= 0.3 is 0 Å². The molecular weight excluding hydrogens is 319 g/mol. The number of piperazine rings is 1. The Balaban J connectivity index is 1.86. The van der Waals surface area contributed by atoms with E-state index in [0.29, 0.717) is 16.0 Å². The molecule has 0 aliphatic carbocycles. The van der Waals surface area contributed by atoms with Crippen LogP contribution in [0.2, 0.25) is 10.0 Å². The molecule has 3 nitrogen and oxygen atoms in total. The molecule has 0 aromatic heterocycles. The number of benzene rings is 1. The first-order valence-corrected chi connectivity index (χ1v) is 8.75. The third-order valence-electron chi connectivity index (χ3n) is 4.41. The van der Waals surface area contributed by atoms with Gasteiger partial charge in [0.15, 0.2) is 0 Å². The van der Waals surface area contributed by atoms with E-state index in [9.17, 15) is 4.79 Å². The van der Waals surface area contributed by atoms with Gasteiger partial charge in [-0.1, -0.05) is 43.1 Å². The summed E-state index contributed by atoms with van der Waals surface area (Å²) in [5, 5.41) is 1.19. The number of hydrogen-bond acceptors (Lipinski definition) is 2. The highest BCUT2D eigenvalue weighted by Gasteiger charge is 2.25. The molecule has 1 aliphatic heterocycles. The molecule has 0 saturated carbocycles. The molecule has 0 radical (unpaired) electrons. The summed E-state index contributed by atoms with van der Waals surface area (Å²) in [4.78, 5) is 16.8. The molecule has 1 fully saturated rings. The Kier molecular flexibility index (Phi) is 6.54. The van der Waals surface area contributed by atoms with Gasteiger partial charge in [-0.3, -0.25) is 9.69 Å². The molecule has 0 unspecified atom stereocenters. The van der Waals surface area contributed by atoms with Crippen LogP contribution in [0.4, 0.5) is 0 Å². The fraction of sp³-hybridized carbons (Fsp3) is 0.588. The smallest absolute Gasteiger partial charge is 0.225 e. The Bertz CT molecular complexity index is 509. The monoisotopic (exact) mass is 342 g/mol. The molecule has 0 N–H and O–H groups in total. The number of rotatable bonds is 5. The van der Waals surface area contributed by atoms with Crippen molar-refractivity contribution >= 4 is 29.1 Å². The normalized spacial score (nSPS) is 16.3.